The maximum atomic E-state index is 5.98. The first-order chi connectivity index (χ1) is 9.60. The van der Waals surface area contributed by atoms with Crippen LogP contribution < -0.4 is 5.73 Å². The van der Waals surface area contributed by atoms with Gasteiger partial charge in [0.05, 0.1) is 6.10 Å². The summed E-state index contributed by atoms with van der Waals surface area (Å²) in [5.74, 6) is 2.12. The van der Waals surface area contributed by atoms with Gasteiger partial charge in [0.2, 0.25) is 5.89 Å². The third-order valence-corrected chi connectivity index (χ3v) is 4.03. The van der Waals surface area contributed by atoms with Gasteiger partial charge >= 0.3 is 0 Å². The van der Waals surface area contributed by atoms with Crippen molar-refractivity contribution in [1.82, 2.24) is 4.98 Å². The third kappa shape index (κ3) is 2.96. The summed E-state index contributed by atoms with van der Waals surface area (Å²) in [6, 6.07) is 5.50. The van der Waals surface area contributed by atoms with Crippen LogP contribution in [0, 0.1) is 11.8 Å². The average molecular weight is 274 g/mol. The molecule has 1 aromatic heterocycles. The normalized spacial score (nSPS) is 27.0. The van der Waals surface area contributed by atoms with Crippen LogP contribution in [0.15, 0.2) is 22.6 Å². The fraction of sp³-hybridized carbons (Fsp3) is 0.562. The van der Waals surface area contributed by atoms with Gasteiger partial charge in [0.25, 0.3) is 0 Å². The van der Waals surface area contributed by atoms with Crippen LogP contribution in [0.5, 0.6) is 0 Å². The van der Waals surface area contributed by atoms with Gasteiger partial charge in [-0.1, -0.05) is 13.8 Å². The fourth-order valence-electron chi connectivity index (χ4n) is 3.25. The quantitative estimate of drug-likeness (QED) is 0.866. The van der Waals surface area contributed by atoms with Crippen molar-refractivity contribution in [2.75, 3.05) is 5.73 Å². The summed E-state index contributed by atoms with van der Waals surface area (Å²) in [6.45, 7) is 5.04. The minimum absolute atomic E-state index is 0.328. The topological polar surface area (TPSA) is 61.3 Å². The average Bonchev–Trinajstić information content (AvgIpc) is 2.77. The Labute approximate surface area is 119 Å². The summed E-state index contributed by atoms with van der Waals surface area (Å²) in [4.78, 5) is 4.42. The Morgan fingerprint density at radius 1 is 1.25 bits per heavy atom. The molecule has 0 saturated heterocycles. The van der Waals surface area contributed by atoms with Crippen LogP contribution >= 0.6 is 0 Å². The van der Waals surface area contributed by atoms with Crippen molar-refractivity contribution in [3.8, 4) is 0 Å². The molecular weight excluding hydrogens is 252 g/mol. The van der Waals surface area contributed by atoms with Crippen molar-refractivity contribution in [2.24, 2.45) is 11.8 Å². The lowest BCUT2D eigenvalue weighted by Gasteiger charge is -2.30. The summed E-state index contributed by atoms with van der Waals surface area (Å²) in [5.41, 5.74) is 8.01. The minimum atomic E-state index is 0.328. The van der Waals surface area contributed by atoms with Crippen molar-refractivity contribution in [2.45, 2.75) is 45.8 Å². The molecule has 0 aliphatic heterocycles. The molecule has 1 aliphatic rings. The molecule has 0 spiro atoms. The molecule has 0 radical (unpaired) electrons. The minimum Gasteiger partial charge on any atom is -0.438 e. The second-order valence-electron chi connectivity index (χ2n) is 6.19. The van der Waals surface area contributed by atoms with Crippen molar-refractivity contribution in [3.05, 3.63) is 24.1 Å². The molecule has 2 unspecified atom stereocenters. The second-order valence-corrected chi connectivity index (χ2v) is 6.19. The van der Waals surface area contributed by atoms with Crippen molar-refractivity contribution >= 4 is 16.8 Å². The van der Waals surface area contributed by atoms with Gasteiger partial charge in [-0.2, -0.15) is 0 Å². The highest BCUT2D eigenvalue weighted by molar-refractivity contribution is 5.76. The first-order valence-corrected chi connectivity index (χ1v) is 7.36. The molecule has 4 nitrogen and oxygen atoms in total. The Kier molecular flexibility index (Phi) is 3.66. The van der Waals surface area contributed by atoms with Gasteiger partial charge < -0.3 is 14.9 Å². The highest BCUT2D eigenvalue weighted by Crippen LogP contribution is 2.31. The Morgan fingerprint density at radius 3 is 2.75 bits per heavy atom. The number of nitrogens with zero attached hydrogens (tertiary/aromatic N) is 1. The van der Waals surface area contributed by atoms with Crippen LogP contribution in [-0.2, 0) is 11.3 Å². The highest BCUT2D eigenvalue weighted by atomic mass is 16.5. The van der Waals surface area contributed by atoms with Crippen LogP contribution in [0.3, 0.4) is 0 Å². The molecule has 2 aromatic rings. The molecule has 1 fully saturated rings. The van der Waals surface area contributed by atoms with E-state index >= 15 is 0 Å². The van der Waals surface area contributed by atoms with E-state index in [2.05, 4.69) is 18.8 Å². The zero-order chi connectivity index (χ0) is 14.1. The maximum absolute atomic E-state index is 5.98. The summed E-state index contributed by atoms with van der Waals surface area (Å²) >= 11 is 0. The molecule has 1 heterocycles. The van der Waals surface area contributed by atoms with Gasteiger partial charge in [-0.15, -0.1) is 0 Å². The van der Waals surface area contributed by atoms with E-state index in [1.54, 1.807) is 0 Å². The molecule has 2 N–H and O–H groups in total. The molecule has 1 aromatic carbocycles. The number of oxazole rings is 1. The van der Waals surface area contributed by atoms with Crippen LogP contribution in [0.25, 0.3) is 11.1 Å². The van der Waals surface area contributed by atoms with E-state index in [1.165, 1.54) is 6.42 Å². The molecule has 0 bridgehead atoms. The second kappa shape index (κ2) is 5.44. The van der Waals surface area contributed by atoms with Crippen molar-refractivity contribution in [3.63, 3.8) is 0 Å². The van der Waals surface area contributed by atoms with E-state index in [0.29, 0.717) is 24.3 Å². The largest absolute Gasteiger partial charge is 0.438 e. The SMILES string of the molecule is CC1CC(C)CC(OCc2nc3cc(N)ccc3o2)C1. The summed E-state index contributed by atoms with van der Waals surface area (Å²) < 4.78 is 11.7. The van der Waals surface area contributed by atoms with Gasteiger partial charge in [0, 0.05) is 5.69 Å². The monoisotopic (exact) mass is 274 g/mol. The number of ether oxygens (including phenoxy) is 1. The predicted octanol–water partition coefficient (Wildman–Crippen LogP) is 3.75. The van der Waals surface area contributed by atoms with E-state index in [-0.39, 0.29) is 0 Å². The number of anilines is 1. The predicted molar refractivity (Wildman–Crippen MR) is 79.2 cm³/mol. The number of hydrogen-bond acceptors (Lipinski definition) is 4. The van der Waals surface area contributed by atoms with E-state index < -0.39 is 0 Å². The first-order valence-electron chi connectivity index (χ1n) is 7.36. The number of nitrogens with two attached hydrogens (primary N) is 1. The molecule has 20 heavy (non-hydrogen) atoms. The van der Waals surface area contributed by atoms with E-state index in [1.807, 2.05) is 18.2 Å². The summed E-state index contributed by atoms with van der Waals surface area (Å²) in [6.07, 6.45) is 3.91. The van der Waals surface area contributed by atoms with Gasteiger partial charge in [-0.05, 0) is 49.3 Å². The molecule has 0 amide bonds. The lowest BCUT2D eigenvalue weighted by Crippen LogP contribution is -2.26. The van der Waals surface area contributed by atoms with Gasteiger partial charge in [0.15, 0.2) is 5.58 Å². The number of fused-ring (bicyclic) bond motifs is 1. The van der Waals surface area contributed by atoms with E-state index in [4.69, 9.17) is 14.9 Å². The number of hydrogen-bond donors (Lipinski definition) is 1. The van der Waals surface area contributed by atoms with E-state index in [0.717, 1.165) is 35.8 Å². The molecule has 1 aliphatic carbocycles. The molecular formula is C16H22N2O2. The Bertz CT molecular complexity index is 583. The number of aromatic nitrogens is 1. The standard InChI is InChI=1S/C16H22N2O2/c1-10-5-11(2)7-13(6-10)19-9-16-18-14-8-12(17)3-4-15(14)20-16/h3-4,8,10-11,13H,5-7,9,17H2,1-2H3. The van der Waals surface area contributed by atoms with Crippen LogP contribution in [0.2, 0.25) is 0 Å². The van der Waals surface area contributed by atoms with Crippen molar-refractivity contribution in [1.29, 1.82) is 0 Å². The highest BCUT2D eigenvalue weighted by Gasteiger charge is 2.24. The van der Waals surface area contributed by atoms with Crippen molar-refractivity contribution < 1.29 is 9.15 Å². The lowest BCUT2D eigenvalue weighted by atomic mass is 9.82. The number of benzene rings is 1. The lowest BCUT2D eigenvalue weighted by molar-refractivity contribution is -0.0169. The molecule has 1 saturated carbocycles. The summed E-state index contributed by atoms with van der Waals surface area (Å²) in [7, 11) is 0. The fourth-order valence-corrected chi connectivity index (χ4v) is 3.25. The first kappa shape index (κ1) is 13.4. The molecule has 3 rings (SSSR count). The number of nitrogen functional groups attached to an aromatic ring is 1. The molecule has 4 heteroatoms. The van der Waals surface area contributed by atoms with Crippen LogP contribution in [-0.4, -0.2) is 11.1 Å². The number of rotatable bonds is 3. The zero-order valence-electron chi connectivity index (χ0n) is 12.1. The molecule has 2 atom stereocenters. The third-order valence-electron chi connectivity index (χ3n) is 4.03. The van der Waals surface area contributed by atoms with Gasteiger partial charge in [-0.25, -0.2) is 4.98 Å². The molecule has 108 valence electrons. The van der Waals surface area contributed by atoms with Crippen LogP contribution in [0.4, 0.5) is 5.69 Å². The van der Waals surface area contributed by atoms with E-state index in [9.17, 15) is 0 Å². The Morgan fingerprint density at radius 2 is 2.00 bits per heavy atom. The van der Waals surface area contributed by atoms with Gasteiger partial charge in [-0.3, -0.25) is 0 Å². The van der Waals surface area contributed by atoms with Gasteiger partial charge in [0.1, 0.15) is 12.1 Å². The Balaban J connectivity index is 1.64. The Hall–Kier alpha value is -1.55. The van der Waals surface area contributed by atoms with Crippen LogP contribution in [0.1, 0.15) is 39.0 Å². The summed E-state index contributed by atoms with van der Waals surface area (Å²) in [5, 5.41) is 0. The maximum Gasteiger partial charge on any atom is 0.221 e. The zero-order valence-corrected chi connectivity index (χ0v) is 12.1. The smallest absolute Gasteiger partial charge is 0.221 e.